The summed E-state index contributed by atoms with van der Waals surface area (Å²) < 4.78 is 4.03. The Labute approximate surface area is 175 Å². The third-order valence-corrected chi connectivity index (χ3v) is 5.18. The van der Waals surface area contributed by atoms with Crippen molar-refractivity contribution >= 4 is 11.4 Å². The van der Waals surface area contributed by atoms with E-state index in [4.69, 9.17) is 0 Å². The van der Waals surface area contributed by atoms with Gasteiger partial charge in [0.25, 0.3) is 5.91 Å². The molecule has 0 saturated carbocycles. The van der Waals surface area contributed by atoms with Gasteiger partial charge in [0.15, 0.2) is 0 Å². The first-order valence-electron chi connectivity index (χ1n) is 10.0. The monoisotopic (exact) mass is 402 g/mol. The Kier molecular flexibility index (Phi) is 5.42. The highest BCUT2D eigenvalue weighted by molar-refractivity contribution is 6.02. The molecule has 6 nitrogen and oxygen atoms in total. The van der Waals surface area contributed by atoms with Crippen molar-refractivity contribution in [3.05, 3.63) is 84.4 Å². The van der Waals surface area contributed by atoms with Crippen LogP contribution in [0, 0.1) is 5.41 Å². The quantitative estimate of drug-likeness (QED) is 0.496. The molecule has 0 aliphatic carbocycles. The minimum atomic E-state index is -0.371. The van der Waals surface area contributed by atoms with Crippen molar-refractivity contribution in [2.24, 2.45) is 5.41 Å². The maximum Gasteiger partial charge on any atom is 0.253 e. The van der Waals surface area contributed by atoms with Gasteiger partial charge >= 0.3 is 0 Å². The number of hydrogen-bond acceptors (Lipinski definition) is 3. The van der Waals surface area contributed by atoms with Crippen LogP contribution in [0.25, 0.3) is 16.9 Å². The van der Waals surface area contributed by atoms with E-state index in [1.165, 1.54) is 5.56 Å². The van der Waals surface area contributed by atoms with Crippen LogP contribution >= 0.6 is 0 Å². The zero-order valence-corrected chi connectivity index (χ0v) is 17.2. The predicted octanol–water partition coefficient (Wildman–Crippen LogP) is 3.60. The Hall–Kier alpha value is -3.38. The summed E-state index contributed by atoms with van der Waals surface area (Å²) in [7, 11) is 0. The van der Waals surface area contributed by atoms with Crippen LogP contribution in [0.3, 0.4) is 0 Å². The second-order valence-corrected chi connectivity index (χ2v) is 8.32. The van der Waals surface area contributed by atoms with Gasteiger partial charge in [-0.3, -0.25) is 4.79 Å². The molecule has 0 bridgehead atoms. The molecule has 1 aromatic carbocycles. The Bertz CT molecular complexity index is 1160. The van der Waals surface area contributed by atoms with Gasteiger partial charge in [-0.25, -0.2) is 4.98 Å². The molecule has 1 amide bonds. The van der Waals surface area contributed by atoms with Crippen molar-refractivity contribution in [3.63, 3.8) is 0 Å². The van der Waals surface area contributed by atoms with E-state index in [0.717, 1.165) is 23.4 Å². The van der Waals surface area contributed by atoms with E-state index in [1.54, 1.807) is 0 Å². The predicted molar refractivity (Wildman–Crippen MR) is 117 cm³/mol. The maximum absolute atomic E-state index is 12.9. The third kappa shape index (κ3) is 4.14. The number of pyridine rings is 1. The summed E-state index contributed by atoms with van der Waals surface area (Å²) in [4.78, 5) is 17.5. The van der Waals surface area contributed by atoms with E-state index < -0.39 is 0 Å². The van der Waals surface area contributed by atoms with Gasteiger partial charge < -0.3 is 19.4 Å². The van der Waals surface area contributed by atoms with Gasteiger partial charge in [0, 0.05) is 37.5 Å². The van der Waals surface area contributed by atoms with Gasteiger partial charge in [0.2, 0.25) is 0 Å². The summed E-state index contributed by atoms with van der Waals surface area (Å²) in [5.41, 5.74) is 3.92. The van der Waals surface area contributed by atoms with E-state index in [-0.39, 0.29) is 17.9 Å². The van der Waals surface area contributed by atoms with E-state index in [2.05, 4.69) is 22.4 Å². The molecule has 0 saturated heterocycles. The summed E-state index contributed by atoms with van der Waals surface area (Å²) in [5, 5.41) is 12.4. The Morgan fingerprint density at radius 2 is 1.90 bits per heavy atom. The lowest BCUT2D eigenvalue weighted by Gasteiger charge is -2.21. The Morgan fingerprint density at radius 3 is 2.67 bits per heavy atom. The lowest BCUT2D eigenvalue weighted by molar-refractivity contribution is 0.0913. The molecule has 0 fully saturated rings. The molecule has 0 atom stereocenters. The molecule has 2 N–H and O–H groups in total. The highest BCUT2D eigenvalue weighted by atomic mass is 16.3. The highest BCUT2D eigenvalue weighted by Crippen LogP contribution is 2.25. The van der Waals surface area contributed by atoms with Crippen LogP contribution in [-0.4, -0.2) is 38.1 Å². The van der Waals surface area contributed by atoms with Crippen LogP contribution in [0.15, 0.2) is 73.3 Å². The maximum atomic E-state index is 12.9. The third-order valence-electron chi connectivity index (χ3n) is 5.18. The van der Waals surface area contributed by atoms with Crippen LogP contribution in [-0.2, 0) is 6.54 Å². The van der Waals surface area contributed by atoms with Gasteiger partial charge in [-0.2, -0.15) is 0 Å². The number of carbonyl (C=O) groups excluding carboxylic acids is 1. The average Bonchev–Trinajstić information content (AvgIpc) is 3.37. The number of aromatic nitrogens is 3. The molecule has 0 aliphatic heterocycles. The molecule has 3 aromatic heterocycles. The first-order valence-corrected chi connectivity index (χ1v) is 10.0. The molecular formula is C24H26N4O2. The standard InChI is InChI=1S/C24H26N4O2/c1-24(2,16-29)15-25-23(30)19-12-22(28-11-7-6-10-21(19)28)20-14-27(17-26-20)13-18-8-4-3-5-9-18/h3-12,14,17,29H,13,15-16H2,1-2H3,(H,25,30). The fourth-order valence-electron chi connectivity index (χ4n) is 3.38. The van der Waals surface area contributed by atoms with Crippen LogP contribution in [0.1, 0.15) is 29.8 Å². The largest absolute Gasteiger partial charge is 0.396 e. The lowest BCUT2D eigenvalue weighted by Crippen LogP contribution is -2.36. The lowest BCUT2D eigenvalue weighted by atomic mass is 9.95. The summed E-state index contributed by atoms with van der Waals surface area (Å²) in [6, 6.07) is 17.9. The molecule has 6 heteroatoms. The number of nitrogens with one attached hydrogen (secondary N) is 1. The van der Waals surface area contributed by atoms with Gasteiger partial charge in [-0.1, -0.05) is 50.2 Å². The smallest absolute Gasteiger partial charge is 0.253 e. The Morgan fingerprint density at radius 1 is 1.13 bits per heavy atom. The van der Waals surface area contributed by atoms with Crippen molar-refractivity contribution in [3.8, 4) is 11.4 Å². The van der Waals surface area contributed by atoms with Crippen molar-refractivity contribution in [2.75, 3.05) is 13.2 Å². The van der Waals surface area contributed by atoms with Gasteiger partial charge in [0.05, 0.1) is 23.1 Å². The van der Waals surface area contributed by atoms with Crippen molar-refractivity contribution in [1.82, 2.24) is 19.3 Å². The molecule has 154 valence electrons. The second kappa shape index (κ2) is 8.16. The molecule has 0 aliphatic rings. The summed E-state index contributed by atoms with van der Waals surface area (Å²) in [6.07, 6.45) is 5.75. The van der Waals surface area contributed by atoms with E-state index >= 15 is 0 Å². The number of hydrogen-bond donors (Lipinski definition) is 2. The number of amides is 1. The first-order chi connectivity index (χ1) is 14.5. The van der Waals surface area contributed by atoms with Crippen LogP contribution in [0.4, 0.5) is 0 Å². The number of carbonyl (C=O) groups is 1. The summed E-state index contributed by atoms with van der Waals surface area (Å²) >= 11 is 0. The van der Waals surface area contributed by atoms with Crippen LogP contribution < -0.4 is 5.32 Å². The summed E-state index contributed by atoms with van der Waals surface area (Å²) in [5.74, 6) is -0.157. The van der Waals surface area contributed by atoms with Gasteiger partial charge in [-0.05, 0) is 23.8 Å². The minimum absolute atomic E-state index is 0.00783. The fraction of sp³-hybridized carbons (Fsp3) is 0.250. The molecule has 4 aromatic rings. The molecule has 3 heterocycles. The normalized spacial score (nSPS) is 11.7. The van der Waals surface area contributed by atoms with Crippen LogP contribution in [0.2, 0.25) is 0 Å². The second-order valence-electron chi connectivity index (χ2n) is 8.32. The molecule has 0 unspecified atom stereocenters. The van der Waals surface area contributed by atoms with E-state index in [9.17, 15) is 9.90 Å². The number of aliphatic hydroxyl groups is 1. The highest BCUT2D eigenvalue weighted by Gasteiger charge is 2.21. The van der Waals surface area contributed by atoms with Gasteiger partial charge in [-0.15, -0.1) is 0 Å². The van der Waals surface area contributed by atoms with Crippen molar-refractivity contribution < 1.29 is 9.90 Å². The number of rotatable bonds is 7. The molecule has 4 rings (SSSR count). The Balaban J connectivity index is 1.63. The molecule has 30 heavy (non-hydrogen) atoms. The number of benzene rings is 1. The molecule has 0 spiro atoms. The molecule has 0 radical (unpaired) electrons. The van der Waals surface area contributed by atoms with Crippen molar-refractivity contribution in [1.29, 1.82) is 0 Å². The molecular weight excluding hydrogens is 376 g/mol. The van der Waals surface area contributed by atoms with E-state index in [0.29, 0.717) is 12.1 Å². The SMILES string of the molecule is CC(C)(CO)CNC(=O)c1cc(-c2cn(Cc3ccccc3)cn2)n2ccccc12. The summed E-state index contributed by atoms with van der Waals surface area (Å²) in [6.45, 7) is 4.97. The van der Waals surface area contributed by atoms with Crippen molar-refractivity contribution in [2.45, 2.75) is 20.4 Å². The zero-order valence-electron chi connectivity index (χ0n) is 17.2. The average molecular weight is 402 g/mol. The fourth-order valence-corrected chi connectivity index (χ4v) is 3.38. The number of aliphatic hydroxyl groups excluding tert-OH is 1. The van der Waals surface area contributed by atoms with Gasteiger partial charge in [0.1, 0.15) is 5.69 Å². The number of fused-ring (bicyclic) bond motifs is 1. The first kappa shape index (κ1) is 19.9. The topological polar surface area (TPSA) is 71.6 Å². The number of nitrogens with zero attached hydrogens (tertiary/aromatic N) is 3. The minimum Gasteiger partial charge on any atom is -0.396 e. The zero-order chi connectivity index (χ0) is 21.1. The van der Waals surface area contributed by atoms with Crippen LogP contribution in [0.5, 0.6) is 0 Å². The van der Waals surface area contributed by atoms with E-state index in [1.807, 2.05) is 84.0 Å². The number of imidazole rings is 1.